The molecule has 1 aliphatic carbocycles. The van der Waals surface area contributed by atoms with Crippen molar-refractivity contribution in [1.82, 2.24) is 0 Å². The van der Waals surface area contributed by atoms with Crippen LogP contribution in [-0.2, 0) is 11.8 Å². The second kappa shape index (κ2) is 6.98. The molecule has 4 aromatic carbocycles. The molecule has 0 heteroatoms. The molecule has 1 aliphatic rings. The lowest BCUT2D eigenvalue weighted by Gasteiger charge is -2.33. The fourth-order valence-corrected chi connectivity index (χ4v) is 4.57. The van der Waals surface area contributed by atoms with Crippen LogP contribution >= 0.6 is 0 Å². The molecule has 0 saturated heterocycles. The van der Waals surface area contributed by atoms with E-state index in [2.05, 4.69) is 121 Å². The number of benzene rings is 4. The van der Waals surface area contributed by atoms with Gasteiger partial charge in [0.25, 0.3) is 0 Å². The van der Waals surface area contributed by atoms with E-state index in [1.54, 1.807) is 0 Å². The SMILES string of the molecule is C1=c2ccccc2=C(c2ccccc2)C1(Cc1ccccc1)c1ccccc1. The Labute approximate surface area is 166 Å². The summed E-state index contributed by atoms with van der Waals surface area (Å²) in [5.41, 5.74) is 5.20. The van der Waals surface area contributed by atoms with Crippen LogP contribution in [0.2, 0.25) is 0 Å². The quantitative estimate of drug-likeness (QED) is 0.489. The summed E-state index contributed by atoms with van der Waals surface area (Å²) >= 11 is 0. The van der Waals surface area contributed by atoms with Gasteiger partial charge in [0.2, 0.25) is 0 Å². The van der Waals surface area contributed by atoms with E-state index in [0.717, 1.165) is 6.42 Å². The first-order chi connectivity index (χ1) is 13.9. The number of fused-ring (bicyclic) bond motifs is 1. The van der Waals surface area contributed by atoms with Gasteiger partial charge in [-0.25, -0.2) is 0 Å². The van der Waals surface area contributed by atoms with Crippen LogP contribution < -0.4 is 10.4 Å². The van der Waals surface area contributed by atoms with Crippen molar-refractivity contribution >= 4 is 11.6 Å². The molecule has 0 bridgehead atoms. The zero-order valence-electron chi connectivity index (χ0n) is 15.8. The van der Waals surface area contributed by atoms with Gasteiger partial charge in [0.1, 0.15) is 0 Å². The predicted octanol–water partition coefficient (Wildman–Crippen LogP) is 4.86. The minimum Gasteiger partial charge on any atom is -0.0622 e. The minimum absolute atomic E-state index is 0.187. The molecule has 5 rings (SSSR count). The average molecular weight is 358 g/mol. The van der Waals surface area contributed by atoms with Crippen LogP contribution in [-0.4, -0.2) is 0 Å². The van der Waals surface area contributed by atoms with Gasteiger partial charge in [0.05, 0.1) is 0 Å². The van der Waals surface area contributed by atoms with Gasteiger partial charge in [0.15, 0.2) is 0 Å². The summed E-state index contributed by atoms with van der Waals surface area (Å²) in [5.74, 6) is 0. The van der Waals surface area contributed by atoms with Crippen molar-refractivity contribution in [3.05, 3.63) is 142 Å². The Balaban J connectivity index is 1.85. The van der Waals surface area contributed by atoms with Gasteiger partial charge in [-0.2, -0.15) is 0 Å². The molecule has 0 radical (unpaired) electrons. The van der Waals surface area contributed by atoms with Crippen molar-refractivity contribution in [3.8, 4) is 0 Å². The maximum Gasteiger partial charge on any atom is 0.0443 e. The Morgan fingerprint density at radius 2 is 1.11 bits per heavy atom. The van der Waals surface area contributed by atoms with E-state index in [4.69, 9.17) is 0 Å². The highest BCUT2D eigenvalue weighted by molar-refractivity contribution is 5.86. The highest BCUT2D eigenvalue weighted by Crippen LogP contribution is 2.42. The van der Waals surface area contributed by atoms with E-state index in [1.807, 2.05) is 0 Å². The van der Waals surface area contributed by atoms with E-state index in [9.17, 15) is 0 Å². The smallest absolute Gasteiger partial charge is 0.0443 e. The van der Waals surface area contributed by atoms with Crippen molar-refractivity contribution < 1.29 is 0 Å². The first kappa shape index (κ1) is 16.8. The summed E-state index contributed by atoms with van der Waals surface area (Å²) in [6.07, 6.45) is 3.42. The van der Waals surface area contributed by atoms with E-state index < -0.39 is 0 Å². The monoisotopic (exact) mass is 358 g/mol. The average Bonchev–Trinajstić information content (AvgIpc) is 3.10. The number of rotatable bonds is 4. The lowest BCUT2D eigenvalue weighted by molar-refractivity contribution is 0.728. The predicted molar refractivity (Wildman–Crippen MR) is 117 cm³/mol. The Hall–Kier alpha value is -3.38. The van der Waals surface area contributed by atoms with Crippen LogP contribution in [0.5, 0.6) is 0 Å². The van der Waals surface area contributed by atoms with Crippen LogP contribution in [0.15, 0.2) is 115 Å². The third-order valence-electron chi connectivity index (χ3n) is 5.76. The fourth-order valence-electron chi connectivity index (χ4n) is 4.57. The molecule has 0 saturated carbocycles. The summed E-state index contributed by atoms with van der Waals surface area (Å²) in [7, 11) is 0. The lowest BCUT2D eigenvalue weighted by Crippen LogP contribution is -2.29. The summed E-state index contributed by atoms with van der Waals surface area (Å²) in [5, 5.41) is 2.66. The Bertz CT molecular complexity index is 1210. The summed E-state index contributed by atoms with van der Waals surface area (Å²) in [6, 6.07) is 41.5. The number of hydrogen-bond donors (Lipinski definition) is 0. The summed E-state index contributed by atoms with van der Waals surface area (Å²) < 4.78 is 0. The Kier molecular flexibility index (Phi) is 4.18. The third-order valence-corrected chi connectivity index (χ3v) is 5.76. The maximum atomic E-state index is 2.48. The van der Waals surface area contributed by atoms with Gasteiger partial charge in [-0.15, -0.1) is 0 Å². The first-order valence-corrected chi connectivity index (χ1v) is 9.84. The van der Waals surface area contributed by atoms with Gasteiger partial charge < -0.3 is 0 Å². The van der Waals surface area contributed by atoms with E-state index in [1.165, 1.54) is 32.7 Å². The molecule has 0 aromatic heterocycles. The van der Waals surface area contributed by atoms with Crippen molar-refractivity contribution in [2.24, 2.45) is 0 Å². The topological polar surface area (TPSA) is 0 Å². The second-order valence-electron chi connectivity index (χ2n) is 7.47. The zero-order chi connectivity index (χ0) is 18.8. The summed E-state index contributed by atoms with van der Waals surface area (Å²) in [4.78, 5) is 0. The van der Waals surface area contributed by atoms with Crippen LogP contribution in [0.3, 0.4) is 0 Å². The summed E-state index contributed by atoms with van der Waals surface area (Å²) in [6.45, 7) is 0. The molecule has 0 aliphatic heterocycles. The van der Waals surface area contributed by atoms with Gasteiger partial charge in [-0.05, 0) is 39.1 Å². The maximum absolute atomic E-state index is 2.48. The first-order valence-electron chi connectivity index (χ1n) is 9.84. The minimum atomic E-state index is -0.187. The molecule has 1 atom stereocenters. The van der Waals surface area contributed by atoms with E-state index >= 15 is 0 Å². The fraction of sp³-hybridized carbons (Fsp3) is 0.0714. The van der Waals surface area contributed by atoms with Gasteiger partial charge >= 0.3 is 0 Å². The Morgan fingerprint density at radius 1 is 0.536 bits per heavy atom. The standard InChI is InChI=1S/C28H22/c1-4-12-22(13-5-1)20-28(25-17-8-3-9-18-25)21-24-16-10-11-19-26(24)27(28)23-14-6-2-7-15-23/h1-19,21H,20H2. The van der Waals surface area contributed by atoms with Crippen LogP contribution in [0.4, 0.5) is 0 Å². The highest BCUT2D eigenvalue weighted by Gasteiger charge is 2.38. The molecule has 0 amide bonds. The van der Waals surface area contributed by atoms with Crippen LogP contribution in [0.1, 0.15) is 16.7 Å². The normalized spacial score (nSPS) is 17.8. The van der Waals surface area contributed by atoms with Gasteiger partial charge in [0, 0.05) is 5.41 Å². The van der Waals surface area contributed by atoms with E-state index in [0.29, 0.717) is 0 Å². The van der Waals surface area contributed by atoms with Crippen molar-refractivity contribution in [1.29, 1.82) is 0 Å². The van der Waals surface area contributed by atoms with Crippen LogP contribution in [0.25, 0.3) is 11.6 Å². The van der Waals surface area contributed by atoms with Crippen molar-refractivity contribution in [2.45, 2.75) is 11.8 Å². The molecule has 134 valence electrons. The molecule has 0 fully saturated rings. The molecule has 0 nitrogen and oxygen atoms in total. The molecule has 0 spiro atoms. The van der Waals surface area contributed by atoms with Crippen molar-refractivity contribution in [3.63, 3.8) is 0 Å². The molecule has 0 heterocycles. The Morgan fingerprint density at radius 3 is 1.82 bits per heavy atom. The van der Waals surface area contributed by atoms with Crippen molar-refractivity contribution in [2.75, 3.05) is 0 Å². The largest absolute Gasteiger partial charge is 0.0622 e. The van der Waals surface area contributed by atoms with Crippen LogP contribution in [0, 0.1) is 0 Å². The molecule has 4 aromatic rings. The third kappa shape index (κ3) is 2.78. The van der Waals surface area contributed by atoms with Gasteiger partial charge in [-0.1, -0.05) is 121 Å². The molecular formula is C28H22. The van der Waals surface area contributed by atoms with Gasteiger partial charge in [-0.3, -0.25) is 0 Å². The molecule has 28 heavy (non-hydrogen) atoms. The molecular weight excluding hydrogens is 336 g/mol. The highest BCUT2D eigenvalue weighted by atomic mass is 14.4. The lowest BCUT2D eigenvalue weighted by atomic mass is 9.69. The second-order valence-corrected chi connectivity index (χ2v) is 7.47. The van der Waals surface area contributed by atoms with E-state index in [-0.39, 0.29) is 5.41 Å². The molecule has 0 N–H and O–H groups in total. The zero-order valence-corrected chi connectivity index (χ0v) is 15.8. The molecule has 1 unspecified atom stereocenters. The number of hydrogen-bond acceptors (Lipinski definition) is 0.